The molecular formula is C24H30N4O3. The van der Waals surface area contributed by atoms with Gasteiger partial charge in [-0.1, -0.05) is 30.3 Å². The minimum atomic E-state index is -0.802. The number of carboxylic acids is 1. The first-order valence-electron chi connectivity index (χ1n) is 11.1. The maximum atomic E-state index is 12.8. The number of aryl methyl sites for hydroxylation is 2. The Labute approximate surface area is 182 Å². The van der Waals surface area contributed by atoms with Crippen molar-refractivity contribution in [1.82, 2.24) is 15.2 Å². The molecule has 1 atom stereocenters. The number of carboxylic acid groups (broad SMARTS) is 1. The molecule has 0 unspecified atom stereocenters. The van der Waals surface area contributed by atoms with Crippen molar-refractivity contribution in [3.63, 3.8) is 0 Å². The summed E-state index contributed by atoms with van der Waals surface area (Å²) in [5.74, 6) is 0.144. The quantitative estimate of drug-likeness (QED) is 0.619. The van der Waals surface area contributed by atoms with E-state index in [1.165, 1.54) is 5.56 Å². The number of nitrogens with zero attached hydrogens (tertiary/aromatic N) is 2. The smallest absolute Gasteiger partial charge is 0.317 e. The zero-order valence-corrected chi connectivity index (χ0v) is 17.8. The maximum Gasteiger partial charge on any atom is 0.317 e. The van der Waals surface area contributed by atoms with Crippen molar-refractivity contribution in [1.29, 1.82) is 0 Å². The normalized spacial score (nSPS) is 17.7. The second-order valence-corrected chi connectivity index (χ2v) is 8.38. The molecule has 31 heavy (non-hydrogen) atoms. The number of benzene rings is 1. The Kier molecular flexibility index (Phi) is 6.70. The van der Waals surface area contributed by atoms with Gasteiger partial charge < -0.3 is 20.6 Å². The van der Waals surface area contributed by atoms with Crippen LogP contribution in [0.2, 0.25) is 0 Å². The van der Waals surface area contributed by atoms with E-state index in [9.17, 15) is 14.7 Å². The van der Waals surface area contributed by atoms with E-state index < -0.39 is 5.97 Å². The first-order valence-corrected chi connectivity index (χ1v) is 11.1. The number of urea groups is 1. The summed E-state index contributed by atoms with van der Waals surface area (Å²) in [7, 11) is 0. The van der Waals surface area contributed by atoms with Gasteiger partial charge >= 0.3 is 12.0 Å². The van der Waals surface area contributed by atoms with Crippen LogP contribution < -0.4 is 10.6 Å². The van der Waals surface area contributed by atoms with Gasteiger partial charge in [0.25, 0.3) is 0 Å². The highest BCUT2D eigenvalue weighted by Crippen LogP contribution is 2.31. The Bertz CT molecular complexity index is 946. The summed E-state index contributed by atoms with van der Waals surface area (Å²) in [6.45, 7) is 2.63. The van der Waals surface area contributed by atoms with Gasteiger partial charge in [-0.05, 0) is 60.8 Å². The predicted octanol–water partition coefficient (Wildman–Crippen LogP) is 3.55. The molecule has 0 spiro atoms. The molecule has 2 aliphatic heterocycles. The van der Waals surface area contributed by atoms with Crippen molar-refractivity contribution in [2.24, 2.45) is 0 Å². The predicted molar refractivity (Wildman–Crippen MR) is 119 cm³/mol. The van der Waals surface area contributed by atoms with Gasteiger partial charge in [-0.25, -0.2) is 9.78 Å². The second-order valence-electron chi connectivity index (χ2n) is 8.38. The topological polar surface area (TPSA) is 94.6 Å². The Morgan fingerprint density at radius 1 is 1.19 bits per heavy atom. The van der Waals surface area contributed by atoms with Gasteiger partial charge in [0.15, 0.2) is 0 Å². The summed E-state index contributed by atoms with van der Waals surface area (Å²) in [4.78, 5) is 30.5. The first-order chi connectivity index (χ1) is 15.1. The van der Waals surface area contributed by atoms with Crippen molar-refractivity contribution in [2.75, 3.05) is 25.0 Å². The number of amides is 2. The fourth-order valence-corrected chi connectivity index (χ4v) is 4.51. The van der Waals surface area contributed by atoms with Crippen LogP contribution in [-0.2, 0) is 24.2 Å². The lowest BCUT2D eigenvalue weighted by Gasteiger charge is -2.21. The van der Waals surface area contributed by atoms with Crippen LogP contribution in [-0.4, -0.2) is 46.6 Å². The van der Waals surface area contributed by atoms with Crippen LogP contribution in [0.5, 0.6) is 0 Å². The van der Waals surface area contributed by atoms with Crippen molar-refractivity contribution in [3.05, 3.63) is 58.8 Å². The second kappa shape index (κ2) is 9.81. The Morgan fingerprint density at radius 3 is 2.94 bits per heavy atom. The number of hydrogen-bond donors (Lipinski definition) is 3. The molecule has 164 valence electrons. The summed E-state index contributed by atoms with van der Waals surface area (Å²) >= 11 is 0. The molecule has 0 bridgehead atoms. The van der Waals surface area contributed by atoms with Gasteiger partial charge in [-0.3, -0.25) is 4.79 Å². The van der Waals surface area contributed by atoms with Crippen LogP contribution in [0, 0.1) is 0 Å². The van der Waals surface area contributed by atoms with E-state index in [2.05, 4.69) is 22.8 Å². The lowest BCUT2D eigenvalue weighted by molar-refractivity contribution is -0.137. The minimum absolute atomic E-state index is 0.0600. The lowest BCUT2D eigenvalue weighted by atomic mass is 9.90. The van der Waals surface area contributed by atoms with E-state index in [1.807, 2.05) is 24.3 Å². The molecule has 0 radical (unpaired) electrons. The number of aliphatic carboxylic acids is 1. The Hall–Kier alpha value is -3.09. The maximum absolute atomic E-state index is 12.8. The van der Waals surface area contributed by atoms with Crippen molar-refractivity contribution >= 4 is 17.8 Å². The largest absolute Gasteiger partial charge is 0.481 e. The number of hydrogen-bond acceptors (Lipinski definition) is 4. The fraction of sp³-hybridized carbons (Fsp3) is 0.458. The van der Waals surface area contributed by atoms with Gasteiger partial charge in [0.1, 0.15) is 5.82 Å². The van der Waals surface area contributed by atoms with Crippen LogP contribution >= 0.6 is 0 Å². The molecule has 3 heterocycles. The van der Waals surface area contributed by atoms with E-state index >= 15 is 0 Å². The molecule has 7 heteroatoms. The lowest BCUT2D eigenvalue weighted by Crippen LogP contribution is -2.40. The monoisotopic (exact) mass is 422 g/mol. The van der Waals surface area contributed by atoms with E-state index in [0.717, 1.165) is 54.9 Å². The zero-order valence-electron chi connectivity index (χ0n) is 17.8. The third kappa shape index (κ3) is 5.34. The molecule has 2 aliphatic rings. The molecule has 0 saturated carbocycles. The summed E-state index contributed by atoms with van der Waals surface area (Å²) < 4.78 is 0. The molecule has 7 nitrogen and oxygen atoms in total. The fourth-order valence-electron chi connectivity index (χ4n) is 4.51. The molecule has 2 amide bonds. The summed E-state index contributed by atoms with van der Waals surface area (Å²) in [5, 5.41) is 15.6. The number of pyridine rings is 1. The average molecular weight is 423 g/mol. The van der Waals surface area contributed by atoms with Crippen LogP contribution in [0.25, 0.3) is 0 Å². The van der Waals surface area contributed by atoms with Gasteiger partial charge in [-0.2, -0.15) is 0 Å². The third-order valence-corrected chi connectivity index (χ3v) is 6.15. The molecule has 1 aromatic heterocycles. The number of rotatable bonds is 6. The van der Waals surface area contributed by atoms with Gasteiger partial charge in [0.2, 0.25) is 0 Å². The summed E-state index contributed by atoms with van der Waals surface area (Å²) in [6.07, 6.45) is 4.62. The number of nitrogens with one attached hydrogen (secondary N) is 2. The van der Waals surface area contributed by atoms with E-state index in [-0.39, 0.29) is 18.4 Å². The number of aromatic nitrogens is 1. The zero-order chi connectivity index (χ0) is 21.6. The number of carbonyl (C=O) groups is 2. The van der Waals surface area contributed by atoms with Crippen LogP contribution in [0.3, 0.4) is 0 Å². The van der Waals surface area contributed by atoms with Gasteiger partial charge in [0.05, 0.1) is 6.42 Å². The molecule has 1 aromatic carbocycles. The third-order valence-electron chi connectivity index (χ3n) is 6.15. The first kappa shape index (κ1) is 21.2. The molecule has 0 aliphatic carbocycles. The van der Waals surface area contributed by atoms with Crippen LogP contribution in [0.15, 0.2) is 36.4 Å². The summed E-state index contributed by atoms with van der Waals surface area (Å²) in [6, 6.07) is 12.0. The highest BCUT2D eigenvalue weighted by atomic mass is 16.4. The molecule has 3 N–H and O–H groups in total. The van der Waals surface area contributed by atoms with Gasteiger partial charge in [0, 0.05) is 31.9 Å². The van der Waals surface area contributed by atoms with Crippen molar-refractivity contribution < 1.29 is 14.7 Å². The standard InChI is InChI=1S/C24H30N4O3/c29-22(30)15-18-11-14-28(16-19-5-1-2-8-21(18)19)24(31)26-13-4-7-20-10-9-17-6-3-12-25-23(17)27-20/h1-2,5,8-10,18H,3-4,6-7,11-16H2,(H,25,27)(H,26,31)(H,29,30)/t18-/m1/s1. The van der Waals surface area contributed by atoms with E-state index in [0.29, 0.717) is 26.1 Å². The SMILES string of the molecule is O=C(O)C[C@H]1CCN(C(=O)NCCCc2ccc3c(n2)NCCC3)Cc2ccccc21. The molecular weight excluding hydrogens is 392 g/mol. The molecule has 0 saturated heterocycles. The number of carbonyl (C=O) groups excluding carboxylic acids is 1. The highest BCUT2D eigenvalue weighted by molar-refractivity contribution is 5.74. The van der Waals surface area contributed by atoms with E-state index in [4.69, 9.17) is 4.98 Å². The number of fused-ring (bicyclic) bond motifs is 2. The Morgan fingerprint density at radius 2 is 2.06 bits per heavy atom. The van der Waals surface area contributed by atoms with Crippen molar-refractivity contribution in [3.8, 4) is 0 Å². The minimum Gasteiger partial charge on any atom is -0.481 e. The van der Waals surface area contributed by atoms with E-state index in [1.54, 1.807) is 4.90 Å². The molecule has 2 aromatic rings. The average Bonchev–Trinajstić information content (AvgIpc) is 2.96. The van der Waals surface area contributed by atoms with Crippen LogP contribution in [0.1, 0.15) is 54.0 Å². The summed E-state index contributed by atoms with van der Waals surface area (Å²) in [5.41, 5.74) is 4.41. The van der Waals surface area contributed by atoms with Crippen LogP contribution in [0.4, 0.5) is 10.6 Å². The molecule has 4 rings (SSSR count). The molecule has 0 fully saturated rings. The Balaban J connectivity index is 1.29. The van der Waals surface area contributed by atoms with Crippen molar-refractivity contribution in [2.45, 2.75) is 51.0 Å². The highest BCUT2D eigenvalue weighted by Gasteiger charge is 2.26. The van der Waals surface area contributed by atoms with Gasteiger partial charge in [-0.15, -0.1) is 0 Å². The number of anilines is 1.